The number of carbonyl (C=O) groups excluding carboxylic acids is 1. The van der Waals surface area contributed by atoms with E-state index in [1.165, 1.54) is 21.6 Å². The van der Waals surface area contributed by atoms with Gasteiger partial charge in [-0.1, -0.05) is 24.3 Å². The fraction of sp³-hybridized carbons (Fsp3) is 0.421. The van der Waals surface area contributed by atoms with Crippen molar-refractivity contribution in [1.82, 2.24) is 10.2 Å². The Balaban J connectivity index is 1.58. The van der Waals surface area contributed by atoms with E-state index in [0.717, 1.165) is 43.6 Å². The van der Waals surface area contributed by atoms with Crippen molar-refractivity contribution in [2.45, 2.75) is 31.7 Å². The third-order valence-electron chi connectivity index (χ3n) is 5.14. The lowest BCUT2D eigenvalue weighted by molar-refractivity contribution is 0.0712. The number of thiophene rings is 1. The Labute approximate surface area is 141 Å². The molecule has 1 fully saturated rings. The van der Waals surface area contributed by atoms with E-state index in [1.54, 1.807) is 11.3 Å². The van der Waals surface area contributed by atoms with Gasteiger partial charge in [-0.15, -0.1) is 11.3 Å². The van der Waals surface area contributed by atoms with Gasteiger partial charge in [-0.05, 0) is 55.5 Å². The molecule has 120 valence electrons. The number of likely N-dealkylation sites (tertiary alicyclic amines) is 1. The highest BCUT2D eigenvalue weighted by Crippen LogP contribution is 2.39. The first kappa shape index (κ1) is 14.9. The van der Waals surface area contributed by atoms with Crippen molar-refractivity contribution in [3.63, 3.8) is 0 Å². The van der Waals surface area contributed by atoms with Crippen LogP contribution in [-0.2, 0) is 12.8 Å². The van der Waals surface area contributed by atoms with Gasteiger partial charge in [-0.2, -0.15) is 0 Å². The van der Waals surface area contributed by atoms with Gasteiger partial charge >= 0.3 is 0 Å². The van der Waals surface area contributed by atoms with Gasteiger partial charge in [0.25, 0.3) is 5.91 Å². The zero-order valence-corrected chi connectivity index (χ0v) is 14.3. The third kappa shape index (κ3) is 2.70. The van der Waals surface area contributed by atoms with Gasteiger partial charge in [0.05, 0.1) is 4.88 Å². The molecular weight excluding hydrogens is 304 g/mol. The van der Waals surface area contributed by atoms with Gasteiger partial charge in [0.1, 0.15) is 0 Å². The minimum atomic E-state index is 0.219. The van der Waals surface area contributed by atoms with Crippen LogP contribution in [-0.4, -0.2) is 37.0 Å². The number of aryl methyl sites for hydroxylation is 2. The number of fused-ring (bicyclic) bond motifs is 3. The molecule has 4 rings (SSSR count). The van der Waals surface area contributed by atoms with Crippen molar-refractivity contribution in [3.8, 4) is 10.4 Å². The average molecular weight is 326 g/mol. The number of nitrogens with one attached hydrogen (secondary N) is 1. The number of piperidine rings is 1. The predicted octanol–water partition coefficient (Wildman–Crippen LogP) is 3.34. The van der Waals surface area contributed by atoms with Crippen molar-refractivity contribution < 1.29 is 4.79 Å². The second-order valence-electron chi connectivity index (χ2n) is 6.48. The van der Waals surface area contributed by atoms with E-state index in [-0.39, 0.29) is 5.91 Å². The van der Waals surface area contributed by atoms with Gasteiger partial charge in [0.2, 0.25) is 0 Å². The molecule has 0 radical (unpaired) electrons. The summed E-state index contributed by atoms with van der Waals surface area (Å²) in [5.74, 6) is 0.219. The maximum absolute atomic E-state index is 12.8. The highest BCUT2D eigenvalue weighted by Gasteiger charge is 2.26. The van der Waals surface area contributed by atoms with E-state index >= 15 is 0 Å². The molecule has 1 saturated heterocycles. The smallest absolute Gasteiger partial charge is 0.263 e. The molecule has 3 nitrogen and oxygen atoms in total. The van der Waals surface area contributed by atoms with Crippen molar-refractivity contribution in [2.24, 2.45) is 0 Å². The summed E-state index contributed by atoms with van der Waals surface area (Å²) in [5.41, 5.74) is 4.09. The van der Waals surface area contributed by atoms with Gasteiger partial charge < -0.3 is 10.2 Å². The Bertz CT molecular complexity index is 729. The second-order valence-corrected chi connectivity index (χ2v) is 7.53. The fourth-order valence-electron chi connectivity index (χ4n) is 3.70. The second kappa shape index (κ2) is 6.10. The number of rotatable bonds is 2. The molecule has 1 aromatic carbocycles. The lowest BCUT2D eigenvalue weighted by Gasteiger charge is -2.31. The Morgan fingerprint density at radius 2 is 1.91 bits per heavy atom. The molecule has 0 bridgehead atoms. The molecule has 1 amide bonds. The number of hydrogen-bond acceptors (Lipinski definition) is 3. The van der Waals surface area contributed by atoms with Crippen molar-refractivity contribution >= 4 is 17.2 Å². The summed E-state index contributed by atoms with van der Waals surface area (Å²) in [7, 11) is 2.01. The molecular formula is C19H22N2OS. The normalized spacial score (nSPS) is 17.7. The predicted molar refractivity (Wildman–Crippen MR) is 95.1 cm³/mol. The van der Waals surface area contributed by atoms with Crippen LogP contribution < -0.4 is 5.32 Å². The van der Waals surface area contributed by atoms with Crippen LogP contribution in [0.1, 0.15) is 33.6 Å². The van der Waals surface area contributed by atoms with Crippen LogP contribution in [0.15, 0.2) is 30.3 Å². The summed E-state index contributed by atoms with van der Waals surface area (Å²) in [4.78, 5) is 17.1. The van der Waals surface area contributed by atoms with Crippen LogP contribution in [0.2, 0.25) is 0 Å². The molecule has 4 heteroatoms. The van der Waals surface area contributed by atoms with Crippen molar-refractivity contribution in [3.05, 3.63) is 46.3 Å². The number of carbonyl (C=O) groups is 1. The summed E-state index contributed by atoms with van der Waals surface area (Å²) in [6.07, 6.45) is 4.24. The van der Waals surface area contributed by atoms with E-state index in [0.29, 0.717) is 6.04 Å². The molecule has 2 heterocycles. The molecule has 1 aliphatic carbocycles. The third-order valence-corrected chi connectivity index (χ3v) is 6.33. The average Bonchev–Trinajstić information content (AvgIpc) is 3.06. The number of amides is 1. The fourth-order valence-corrected chi connectivity index (χ4v) is 4.94. The minimum Gasteiger partial charge on any atom is -0.338 e. The Hall–Kier alpha value is -1.65. The monoisotopic (exact) mass is 326 g/mol. The number of benzene rings is 1. The first-order chi connectivity index (χ1) is 11.3. The highest BCUT2D eigenvalue weighted by atomic mass is 32.1. The molecule has 0 atom stereocenters. The minimum absolute atomic E-state index is 0.219. The van der Waals surface area contributed by atoms with Gasteiger partial charge in [0.15, 0.2) is 0 Å². The van der Waals surface area contributed by atoms with Crippen LogP contribution in [0.3, 0.4) is 0 Å². The standard InChI is InChI=1S/C19H22N2OS/c1-20-15-8-10-21(11-9-15)19(22)17-12-14-7-6-13-4-2-3-5-16(13)18(14)23-17/h2-5,12,15,20H,6-11H2,1H3. The zero-order chi connectivity index (χ0) is 15.8. The van der Waals surface area contributed by atoms with E-state index in [4.69, 9.17) is 0 Å². The Kier molecular flexibility index (Phi) is 3.95. The van der Waals surface area contributed by atoms with E-state index in [9.17, 15) is 4.79 Å². The van der Waals surface area contributed by atoms with Crippen LogP contribution in [0.25, 0.3) is 10.4 Å². The molecule has 2 aliphatic rings. The van der Waals surface area contributed by atoms with E-state index in [2.05, 4.69) is 35.6 Å². The van der Waals surface area contributed by atoms with Gasteiger partial charge in [0, 0.05) is 24.0 Å². The van der Waals surface area contributed by atoms with Crippen LogP contribution in [0.4, 0.5) is 0 Å². The summed E-state index contributed by atoms with van der Waals surface area (Å²) < 4.78 is 0. The topological polar surface area (TPSA) is 32.3 Å². The van der Waals surface area contributed by atoms with Gasteiger partial charge in [-0.25, -0.2) is 0 Å². The highest BCUT2D eigenvalue weighted by molar-refractivity contribution is 7.17. The van der Waals surface area contributed by atoms with Crippen LogP contribution in [0.5, 0.6) is 0 Å². The lowest BCUT2D eigenvalue weighted by atomic mass is 9.91. The summed E-state index contributed by atoms with van der Waals surface area (Å²) in [5, 5.41) is 3.32. The van der Waals surface area contributed by atoms with Gasteiger partial charge in [-0.3, -0.25) is 4.79 Å². The molecule has 0 saturated carbocycles. The summed E-state index contributed by atoms with van der Waals surface area (Å²) >= 11 is 1.68. The molecule has 1 aromatic heterocycles. The van der Waals surface area contributed by atoms with E-state index < -0.39 is 0 Å². The molecule has 0 unspecified atom stereocenters. The first-order valence-electron chi connectivity index (χ1n) is 8.44. The maximum Gasteiger partial charge on any atom is 0.263 e. The zero-order valence-electron chi connectivity index (χ0n) is 13.5. The van der Waals surface area contributed by atoms with E-state index in [1.807, 2.05) is 11.9 Å². The molecule has 0 spiro atoms. The first-order valence-corrected chi connectivity index (χ1v) is 9.25. The Morgan fingerprint density at radius 1 is 1.17 bits per heavy atom. The van der Waals surface area contributed by atoms with Crippen LogP contribution in [0, 0.1) is 0 Å². The molecule has 1 N–H and O–H groups in total. The summed E-state index contributed by atoms with van der Waals surface area (Å²) in [6, 6.07) is 11.3. The quantitative estimate of drug-likeness (QED) is 0.918. The maximum atomic E-state index is 12.8. The van der Waals surface area contributed by atoms with Crippen molar-refractivity contribution in [2.75, 3.05) is 20.1 Å². The van der Waals surface area contributed by atoms with Crippen LogP contribution >= 0.6 is 11.3 Å². The van der Waals surface area contributed by atoms with Crippen molar-refractivity contribution in [1.29, 1.82) is 0 Å². The molecule has 23 heavy (non-hydrogen) atoms. The summed E-state index contributed by atoms with van der Waals surface area (Å²) in [6.45, 7) is 1.73. The largest absolute Gasteiger partial charge is 0.338 e. The lowest BCUT2D eigenvalue weighted by Crippen LogP contribution is -2.43. The molecule has 2 aromatic rings. The Morgan fingerprint density at radius 3 is 2.70 bits per heavy atom. The molecule has 1 aliphatic heterocycles. The number of hydrogen-bond donors (Lipinski definition) is 1. The SMILES string of the molecule is CNC1CCN(C(=O)c2cc3c(s2)-c2ccccc2CC3)CC1. The number of nitrogens with zero attached hydrogens (tertiary/aromatic N) is 1.